The summed E-state index contributed by atoms with van der Waals surface area (Å²) in [7, 11) is -3.15. The highest BCUT2D eigenvalue weighted by molar-refractivity contribution is 7.89. The van der Waals surface area contributed by atoms with Crippen molar-refractivity contribution in [3.8, 4) is 0 Å². The molecule has 2 aromatic rings. The van der Waals surface area contributed by atoms with E-state index in [-0.39, 0.29) is 17.7 Å². The molecule has 0 aliphatic carbocycles. The summed E-state index contributed by atoms with van der Waals surface area (Å²) in [6.45, 7) is 4.32. The molecule has 2 saturated heterocycles. The number of nitrogens with zero attached hydrogens (tertiary/aromatic N) is 4. The van der Waals surface area contributed by atoms with Crippen molar-refractivity contribution in [3.63, 3.8) is 0 Å². The molecule has 1 aromatic carbocycles. The van der Waals surface area contributed by atoms with Crippen molar-refractivity contribution in [2.24, 2.45) is 5.92 Å². The first-order valence-corrected chi connectivity index (χ1v) is 13.1. The molecule has 0 saturated carbocycles. The molecular formula is C21H28ClN5O4S. The third kappa shape index (κ3) is 3.39. The molecule has 4 heterocycles. The molecule has 5 rings (SSSR count). The van der Waals surface area contributed by atoms with E-state index in [2.05, 4.69) is 10.4 Å². The Bertz CT molecular complexity index is 1160. The van der Waals surface area contributed by atoms with E-state index in [9.17, 15) is 18.3 Å². The number of benzene rings is 1. The summed E-state index contributed by atoms with van der Waals surface area (Å²) in [6.07, 6.45) is 3.21. The summed E-state index contributed by atoms with van der Waals surface area (Å²) in [5.74, 6) is 0.336. The van der Waals surface area contributed by atoms with Crippen LogP contribution in [0.1, 0.15) is 37.9 Å². The first-order valence-electron chi connectivity index (χ1n) is 11.1. The second-order valence-corrected chi connectivity index (χ2v) is 11.7. The maximum Gasteiger partial charge on any atom is 0.317 e. The maximum absolute atomic E-state index is 12.6. The normalized spacial score (nSPS) is 28.0. The van der Waals surface area contributed by atoms with Crippen LogP contribution in [0.2, 0.25) is 5.02 Å². The Morgan fingerprint density at radius 2 is 2.06 bits per heavy atom. The molecule has 2 N–H and O–H groups in total. The number of hydrogen-bond acceptors (Lipinski definition) is 5. The van der Waals surface area contributed by atoms with Gasteiger partial charge >= 0.3 is 6.03 Å². The molecule has 0 radical (unpaired) electrons. The lowest BCUT2D eigenvalue weighted by molar-refractivity contribution is -0.0116. The summed E-state index contributed by atoms with van der Waals surface area (Å²) in [5.41, 5.74) is 1.15. The van der Waals surface area contributed by atoms with Crippen molar-refractivity contribution in [3.05, 3.63) is 28.9 Å². The van der Waals surface area contributed by atoms with E-state index in [4.69, 9.17) is 11.6 Å². The second kappa shape index (κ2) is 7.86. The summed E-state index contributed by atoms with van der Waals surface area (Å²) < 4.78 is 27.1. The van der Waals surface area contributed by atoms with Crippen LogP contribution in [-0.4, -0.2) is 77.0 Å². The Morgan fingerprint density at radius 1 is 1.31 bits per heavy atom. The van der Waals surface area contributed by atoms with Gasteiger partial charge in [-0.25, -0.2) is 17.5 Å². The van der Waals surface area contributed by atoms with Crippen LogP contribution < -0.4 is 5.32 Å². The highest BCUT2D eigenvalue weighted by atomic mass is 35.5. The molecule has 3 aliphatic heterocycles. The number of rotatable bonds is 4. The molecule has 2 fully saturated rings. The van der Waals surface area contributed by atoms with Gasteiger partial charge in [-0.3, -0.25) is 4.68 Å². The predicted molar refractivity (Wildman–Crippen MR) is 121 cm³/mol. The fourth-order valence-electron chi connectivity index (χ4n) is 5.57. The lowest BCUT2D eigenvalue weighted by Gasteiger charge is -2.42. The number of halogens is 1. The van der Waals surface area contributed by atoms with E-state index in [0.29, 0.717) is 44.2 Å². The molecule has 0 bridgehead atoms. The largest absolute Gasteiger partial charge is 0.386 e. The number of piperidine rings is 1. The van der Waals surface area contributed by atoms with Crippen molar-refractivity contribution in [1.29, 1.82) is 0 Å². The van der Waals surface area contributed by atoms with Gasteiger partial charge in [-0.15, -0.1) is 0 Å². The average Bonchev–Trinajstić information content (AvgIpc) is 3.40. The number of carbonyl (C=O) groups is 1. The van der Waals surface area contributed by atoms with Crippen molar-refractivity contribution in [2.45, 2.75) is 37.8 Å². The third-order valence-corrected chi connectivity index (χ3v) is 9.59. The number of aliphatic hydroxyl groups is 1. The number of aromatic nitrogens is 2. The molecule has 9 nitrogen and oxygen atoms in total. The number of nitrogens with one attached hydrogen (secondary N) is 1. The van der Waals surface area contributed by atoms with Gasteiger partial charge < -0.3 is 15.3 Å². The summed E-state index contributed by atoms with van der Waals surface area (Å²) in [4.78, 5) is 14.4. The zero-order chi connectivity index (χ0) is 22.7. The molecule has 11 heteroatoms. The van der Waals surface area contributed by atoms with E-state index < -0.39 is 21.7 Å². The summed E-state index contributed by atoms with van der Waals surface area (Å²) in [6, 6.07) is 3.51. The van der Waals surface area contributed by atoms with Crippen molar-refractivity contribution in [1.82, 2.24) is 24.3 Å². The van der Waals surface area contributed by atoms with Gasteiger partial charge in [0.25, 0.3) is 0 Å². The van der Waals surface area contributed by atoms with Crippen molar-refractivity contribution >= 4 is 38.6 Å². The number of aliphatic hydroxyl groups excluding tert-OH is 1. The third-order valence-electron chi connectivity index (χ3n) is 7.41. The summed E-state index contributed by atoms with van der Waals surface area (Å²) >= 11 is 6.24. The van der Waals surface area contributed by atoms with Crippen LogP contribution in [0.3, 0.4) is 0 Å². The van der Waals surface area contributed by atoms with E-state index in [1.165, 1.54) is 4.31 Å². The van der Waals surface area contributed by atoms with Crippen molar-refractivity contribution < 1.29 is 18.3 Å². The van der Waals surface area contributed by atoms with Crippen LogP contribution in [0.5, 0.6) is 0 Å². The van der Waals surface area contributed by atoms with Gasteiger partial charge in [-0.2, -0.15) is 5.10 Å². The van der Waals surface area contributed by atoms with Gasteiger partial charge in [0.15, 0.2) is 0 Å². The number of amides is 2. The van der Waals surface area contributed by atoms with Crippen LogP contribution >= 0.6 is 11.6 Å². The van der Waals surface area contributed by atoms with Gasteiger partial charge in [-0.05, 0) is 44.2 Å². The monoisotopic (exact) mass is 481 g/mol. The number of hydrogen-bond donors (Lipinski definition) is 2. The van der Waals surface area contributed by atoms with Crippen LogP contribution in [-0.2, 0) is 15.6 Å². The van der Waals surface area contributed by atoms with E-state index >= 15 is 0 Å². The lowest BCUT2D eigenvalue weighted by atomic mass is 9.75. The van der Waals surface area contributed by atoms with E-state index in [1.54, 1.807) is 11.1 Å². The number of sulfonamides is 1. The standard InChI is InChI=1S/C21H28ClN5O4S/c1-21(19(28)17-12-16(22)11-14-13-24-27(21)18(14)17)15-3-7-25(8-4-15)20(29)23-5-9-26-6-2-10-32(26,30)31/h11-13,15,19,28H,2-10H2,1H3,(H,23,29)/t19-,21?/m1/s1. The zero-order valence-electron chi connectivity index (χ0n) is 18.0. The van der Waals surface area contributed by atoms with Crippen LogP contribution in [0.25, 0.3) is 10.9 Å². The highest BCUT2D eigenvalue weighted by Gasteiger charge is 2.50. The zero-order valence-corrected chi connectivity index (χ0v) is 19.6. The van der Waals surface area contributed by atoms with Crippen LogP contribution in [0.15, 0.2) is 18.3 Å². The molecule has 0 spiro atoms. The van der Waals surface area contributed by atoms with Crippen molar-refractivity contribution in [2.75, 3.05) is 38.5 Å². The van der Waals surface area contributed by atoms with Gasteiger partial charge in [0.1, 0.15) is 6.10 Å². The van der Waals surface area contributed by atoms with Crippen LogP contribution in [0.4, 0.5) is 4.79 Å². The van der Waals surface area contributed by atoms with Crippen LogP contribution in [0, 0.1) is 5.92 Å². The average molecular weight is 482 g/mol. The maximum atomic E-state index is 12.6. The number of likely N-dealkylation sites (tertiary alicyclic amines) is 1. The quantitative estimate of drug-likeness (QED) is 0.693. The minimum absolute atomic E-state index is 0.144. The highest BCUT2D eigenvalue weighted by Crippen LogP contribution is 2.51. The fraction of sp³-hybridized carbons (Fsp3) is 0.619. The second-order valence-electron chi connectivity index (χ2n) is 9.18. The topological polar surface area (TPSA) is 108 Å². The minimum atomic E-state index is -3.15. The molecule has 1 aromatic heterocycles. The molecule has 1 unspecified atom stereocenters. The molecule has 32 heavy (non-hydrogen) atoms. The molecule has 174 valence electrons. The minimum Gasteiger partial charge on any atom is -0.386 e. The molecule has 2 atom stereocenters. The van der Waals surface area contributed by atoms with E-state index in [1.807, 2.05) is 23.7 Å². The Balaban J connectivity index is 1.21. The predicted octanol–water partition coefficient (Wildman–Crippen LogP) is 1.91. The SMILES string of the molecule is CC1(C2CCN(C(=O)NCCN3CCCS3(=O)=O)CC2)[C@H](O)c2cc(Cl)cc3cnn1c23. The smallest absolute Gasteiger partial charge is 0.317 e. The Kier molecular flexibility index (Phi) is 5.39. The Hall–Kier alpha value is -1.88. The lowest BCUT2D eigenvalue weighted by Crippen LogP contribution is -2.51. The van der Waals surface area contributed by atoms with E-state index in [0.717, 1.165) is 29.3 Å². The number of carbonyl (C=O) groups excluding carboxylic acids is 1. The number of urea groups is 1. The fourth-order valence-corrected chi connectivity index (χ4v) is 7.34. The first-order chi connectivity index (χ1) is 15.2. The van der Waals surface area contributed by atoms with Gasteiger partial charge in [-0.1, -0.05) is 11.6 Å². The Morgan fingerprint density at radius 3 is 2.75 bits per heavy atom. The van der Waals surface area contributed by atoms with Gasteiger partial charge in [0.05, 0.1) is 23.0 Å². The van der Waals surface area contributed by atoms with Gasteiger partial charge in [0.2, 0.25) is 10.0 Å². The molecular weight excluding hydrogens is 454 g/mol. The van der Waals surface area contributed by atoms with Gasteiger partial charge in [0, 0.05) is 48.7 Å². The first kappa shape index (κ1) is 21.9. The molecule has 2 amide bonds. The Labute approximate surface area is 192 Å². The summed E-state index contributed by atoms with van der Waals surface area (Å²) in [5, 5.41) is 20.2. The molecule has 3 aliphatic rings.